The zero-order chi connectivity index (χ0) is 21.6. The number of methoxy groups -OCH3 is 1. The van der Waals surface area contributed by atoms with E-state index in [-0.39, 0.29) is 4.90 Å². The second-order valence-electron chi connectivity index (χ2n) is 6.08. The zero-order valence-corrected chi connectivity index (χ0v) is 18.3. The van der Waals surface area contributed by atoms with E-state index in [4.69, 9.17) is 4.74 Å². The Balaban J connectivity index is 1.65. The molecular formula is C21H18BrN3O4S. The summed E-state index contributed by atoms with van der Waals surface area (Å²) in [5.74, 6) is 0.184. The average Bonchev–Trinajstić information content (AvgIpc) is 2.75. The van der Waals surface area contributed by atoms with Crippen LogP contribution in [0.4, 0.5) is 5.69 Å². The number of ether oxygens (including phenoxy) is 1. The molecule has 3 aromatic rings. The molecule has 3 rings (SSSR count). The van der Waals surface area contributed by atoms with E-state index in [9.17, 15) is 13.2 Å². The van der Waals surface area contributed by atoms with Gasteiger partial charge in [0.05, 0.1) is 18.2 Å². The molecule has 0 spiro atoms. The molecule has 0 atom stereocenters. The van der Waals surface area contributed by atoms with Gasteiger partial charge in [0.15, 0.2) is 0 Å². The molecule has 0 aliphatic heterocycles. The van der Waals surface area contributed by atoms with Gasteiger partial charge in [0.2, 0.25) is 0 Å². The van der Waals surface area contributed by atoms with Crippen molar-refractivity contribution in [1.29, 1.82) is 0 Å². The number of carbonyl (C=O) groups is 1. The molecule has 30 heavy (non-hydrogen) atoms. The summed E-state index contributed by atoms with van der Waals surface area (Å²) in [5.41, 5.74) is 3.80. The summed E-state index contributed by atoms with van der Waals surface area (Å²) in [7, 11) is -2.14. The molecule has 0 heterocycles. The Labute approximate surface area is 183 Å². The van der Waals surface area contributed by atoms with Gasteiger partial charge in [-0.3, -0.25) is 9.52 Å². The first-order valence-electron chi connectivity index (χ1n) is 8.74. The first-order valence-corrected chi connectivity index (χ1v) is 11.0. The normalized spacial score (nSPS) is 11.3. The van der Waals surface area contributed by atoms with Crippen LogP contribution < -0.4 is 14.9 Å². The van der Waals surface area contributed by atoms with Crippen molar-refractivity contribution in [1.82, 2.24) is 5.43 Å². The number of anilines is 1. The smallest absolute Gasteiger partial charge is 0.271 e. The molecule has 7 nitrogen and oxygen atoms in total. The number of rotatable bonds is 7. The fourth-order valence-electron chi connectivity index (χ4n) is 2.53. The van der Waals surface area contributed by atoms with Gasteiger partial charge < -0.3 is 4.74 Å². The number of carbonyl (C=O) groups excluding carboxylic acids is 1. The Morgan fingerprint density at radius 3 is 2.40 bits per heavy atom. The summed E-state index contributed by atoms with van der Waals surface area (Å²) in [6.07, 6.45) is 1.48. The molecule has 9 heteroatoms. The minimum Gasteiger partial charge on any atom is -0.496 e. The second kappa shape index (κ2) is 9.55. The molecule has 154 valence electrons. The Kier molecular flexibility index (Phi) is 6.86. The summed E-state index contributed by atoms with van der Waals surface area (Å²) < 4.78 is 33.3. The Bertz CT molecular complexity index is 1160. The number of halogens is 1. The number of nitrogens with one attached hydrogen (secondary N) is 2. The summed E-state index contributed by atoms with van der Waals surface area (Å²) >= 11 is 3.37. The molecule has 3 aromatic carbocycles. The van der Waals surface area contributed by atoms with Crippen molar-refractivity contribution in [2.75, 3.05) is 11.8 Å². The molecule has 0 fully saturated rings. The Morgan fingerprint density at radius 1 is 1.03 bits per heavy atom. The molecule has 0 aliphatic rings. The predicted octanol–water partition coefficient (Wildman–Crippen LogP) is 4.02. The van der Waals surface area contributed by atoms with Gasteiger partial charge in [-0.05, 0) is 54.6 Å². The minimum atomic E-state index is -3.69. The van der Waals surface area contributed by atoms with Crippen LogP contribution >= 0.6 is 15.9 Å². The van der Waals surface area contributed by atoms with Gasteiger partial charge in [-0.2, -0.15) is 5.10 Å². The van der Waals surface area contributed by atoms with E-state index in [0.717, 1.165) is 4.47 Å². The van der Waals surface area contributed by atoms with Crippen LogP contribution in [0.1, 0.15) is 15.9 Å². The Hall–Kier alpha value is -3.17. The van der Waals surface area contributed by atoms with Gasteiger partial charge in [-0.15, -0.1) is 0 Å². The first-order chi connectivity index (χ1) is 14.4. The lowest BCUT2D eigenvalue weighted by atomic mass is 10.2. The number of amides is 1. The molecule has 2 N–H and O–H groups in total. The van der Waals surface area contributed by atoms with Crippen molar-refractivity contribution >= 4 is 43.8 Å². The molecule has 0 saturated carbocycles. The number of hydrazone groups is 1. The van der Waals surface area contributed by atoms with E-state index < -0.39 is 15.9 Å². The SMILES string of the molecule is COc1ccc(Br)cc1/C=N\NC(=O)c1ccc(NS(=O)(=O)c2ccccc2)cc1. The van der Waals surface area contributed by atoms with Crippen molar-refractivity contribution in [3.8, 4) is 5.75 Å². The van der Waals surface area contributed by atoms with Gasteiger partial charge in [0.25, 0.3) is 15.9 Å². The maximum Gasteiger partial charge on any atom is 0.271 e. The van der Waals surface area contributed by atoms with Crippen LogP contribution in [0.3, 0.4) is 0 Å². The van der Waals surface area contributed by atoms with E-state index in [2.05, 4.69) is 31.2 Å². The lowest BCUT2D eigenvalue weighted by molar-refractivity contribution is 0.0955. The van der Waals surface area contributed by atoms with Gasteiger partial charge >= 0.3 is 0 Å². The van der Waals surface area contributed by atoms with E-state index in [1.807, 2.05) is 12.1 Å². The highest BCUT2D eigenvalue weighted by Gasteiger charge is 2.13. The van der Waals surface area contributed by atoms with Crippen LogP contribution in [0.25, 0.3) is 0 Å². The van der Waals surface area contributed by atoms with E-state index in [0.29, 0.717) is 22.6 Å². The number of sulfonamides is 1. The molecule has 1 amide bonds. The van der Waals surface area contributed by atoms with Gasteiger partial charge in [-0.1, -0.05) is 34.1 Å². The number of hydrogen-bond acceptors (Lipinski definition) is 5. The molecule has 0 bridgehead atoms. The quantitative estimate of drug-likeness (QED) is 0.388. The van der Waals surface area contributed by atoms with E-state index >= 15 is 0 Å². The fourth-order valence-corrected chi connectivity index (χ4v) is 3.99. The lowest BCUT2D eigenvalue weighted by Crippen LogP contribution is -2.18. The highest BCUT2D eigenvalue weighted by molar-refractivity contribution is 9.10. The van der Waals surface area contributed by atoms with Crippen molar-refractivity contribution < 1.29 is 17.9 Å². The first kappa shape index (κ1) is 21.5. The lowest BCUT2D eigenvalue weighted by Gasteiger charge is -2.08. The van der Waals surface area contributed by atoms with Gasteiger partial charge in [0.1, 0.15) is 5.75 Å². The van der Waals surface area contributed by atoms with Crippen LogP contribution in [-0.2, 0) is 10.0 Å². The number of benzene rings is 3. The third-order valence-electron chi connectivity index (χ3n) is 4.01. The molecule has 0 aliphatic carbocycles. The largest absolute Gasteiger partial charge is 0.496 e. The van der Waals surface area contributed by atoms with Crippen molar-refractivity contribution in [2.45, 2.75) is 4.90 Å². The van der Waals surface area contributed by atoms with Crippen LogP contribution in [-0.4, -0.2) is 27.6 Å². The standard InChI is InChI=1S/C21H18BrN3O4S/c1-29-20-12-9-17(22)13-16(20)14-23-24-21(26)15-7-10-18(11-8-15)25-30(27,28)19-5-3-2-4-6-19/h2-14,25H,1H3,(H,24,26)/b23-14-. The highest BCUT2D eigenvalue weighted by Crippen LogP contribution is 2.21. The third-order valence-corrected chi connectivity index (χ3v) is 5.90. The molecule has 0 unspecified atom stereocenters. The maximum absolute atomic E-state index is 12.3. The monoisotopic (exact) mass is 487 g/mol. The molecular weight excluding hydrogens is 470 g/mol. The van der Waals surface area contributed by atoms with Crippen LogP contribution in [0, 0.1) is 0 Å². The van der Waals surface area contributed by atoms with Gasteiger partial charge in [0, 0.05) is 21.3 Å². The van der Waals surface area contributed by atoms with Crippen molar-refractivity contribution in [3.63, 3.8) is 0 Å². The van der Waals surface area contributed by atoms with Gasteiger partial charge in [-0.25, -0.2) is 13.8 Å². The molecule has 0 radical (unpaired) electrons. The predicted molar refractivity (Wildman–Crippen MR) is 119 cm³/mol. The Morgan fingerprint density at radius 2 is 1.73 bits per heavy atom. The van der Waals surface area contributed by atoms with Crippen LogP contribution in [0.5, 0.6) is 5.75 Å². The molecule has 0 saturated heterocycles. The number of hydrogen-bond donors (Lipinski definition) is 2. The van der Waals surface area contributed by atoms with Crippen LogP contribution in [0.2, 0.25) is 0 Å². The average molecular weight is 488 g/mol. The van der Waals surface area contributed by atoms with E-state index in [1.165, 1.54) is 42.6 Å². The summed E-state index contributed by atoms with van der Waals surface area (Å²) in [5, 5.41) is 3.95. The highest BCUT2D eigenvalue weighted by atomic mass is 79.9. The topological polar surface area (TPSA) is 96.9 Å². The zero-order valence-electron chi connectivity index (χ0n) is 15.9. The maximum atomic E-state index is 12.3. The van der Waals surface area contributed by atoms with Crippen LogP contribution in [0.15, 0.2) is 87.3 Å². The fraction of sp³-hybridized carbons (Fsp3) is 0.0476. The minimum absolute atomic E-state index is 0.157. The summed E-state index contributed by atoms with van der Waals surface area (Å²) in [4.78, 5) is 12.4. The summed E-state index contributed by atoms with van der Waals surface area (Å²) in [6.45, 7) is 0. The second-order valence-corrected chi connectivity index (χ2v) is 8.68. The van der Waals surface area contributed by atoms with Crippen molar-refractivity contribution in [2.24, 2.45) is 5.10 Å². The summed E-state index contributed by atoms with van der Waals surface area (Å²) in [6, 6.07) is 19.5. The number of nitrogens with zero attached hydrogens (tertiary/aromatic N) is 1. The van der Waals surface area contributed by atoms with E-state index in [1.54, 1.807) is 31.4 Å². The molecule has 0 aromatic heterocycles. The third kappa shape index (κ3) is 5.46. The van der Waals surface area contributed by atoms with Crippen molar-refractivity contribution in [3.05, 3.63) is 88.4 Å².